The van der Waals surface area contributed by atoms with Gasteiger partial charge in [-0.3, -0.25) is 0 Å². The Kier molecular flexibility index (Phi) is 3.66. The number of nitrogens with zero attached hydrogens (tertiary/aromatic N) is 1. The van der Waals surface area contributed by atoms with E-state index in [4.69, 9.17) is 11.6 Å². The third-order valence-electron chi connectivity index (χ3n) is 3.48. The summed E-state index contributed by atoms with van der Waals surface area (Å²) in [5, 5.41) is 6.83. The van der Waals surface area contributed by atoms with Crippen LogP contribution in [0.3, 0.4) is 0 Å². The van der Waals surface area contributed by atoms with Crippen LogP contribution in [0.25, 0.3) is 0 Å². The number of hydrogen-bond donors (Lipinski definition) is 2. The van der Waals surface area contributed by atoms with Crippen molar-refractivity contribution < 1.29 is 0 Å². The molecule has 0 aromatic rings. The van der Waals surface area contributed by atoms with Gasteiger partial charge in [0.05, 0.1) is 0 Å². The maximum absolute atomic E-state index is 6.33. The highest BCUT2D eigenvalue weighted by Crippen LogP contribution is 2.40. The van der Waals surface area contributed by atoms with E-state index < -0.39 is 0 Å². The molecule has 94 valence electrons. The van der Waals surface area contributed by atoms with Crippen LogP contribution in [-0.2, 0) is 0 Å². The minimum Gasteiger partial charge on any atom is -0.369 e. The lowest BCUT2D eigenvalue weighted by Crippen LogP contribution is -2.44. The van der Waals surface area contributed by atoms with Gasteiger partial charge in [0, 0.05) is 43.3 Å². The summed E-state index contributed by atoms with van der Waals surface area (Å²) < 4.78 is 0.0959. The van der Waals surface area contributed by atoms with Gasteiger partial charge in [-0.1, -0.05) is 0 Å². The van der Waals surface area contributed by atoms with E-state index in [0.29, 0.717) is 0 Å². The van der Waals surface area contributed by atoms with E-state index in [2.05, 4.69) is 21.6 Å². The first-order chi connectivity index (χ1) is 8.34. The van der Waals surface area contributed by atoms with E-state index in [1.54, 1.807) is 11.8 Å². The van der Waals surface area contributed by atoms with E-state index in [1.807, 2.05) is 0 Å². The Bertz CT molecular complexity index is 361. The van der Waals surface area contributed by atoms with Crippen molar-refractivity contribution in [3.05, 3.63) is 22.3 Å². The molecule has 0 saturated carbocycles. The van der Waals surface area contributed by atoms with Gasteiger partial charge in [-0.2, -0.15) is 0 Å². The molecule has 5 heteroatoms. The molecule has 1 fully saturated rings. The van der Waals surface area contributed by atoms with Gasteiger partial charge >= 0.3 is 0 Å². The zero-order valence-electron chi connectivity index (χ0n) is 9.84. The predicted molar refractivity (Wildman–Crippen MR) is 74.3 cm³/mol. The smallest absolute Gasteiger partial charge is 0.104 e. The second-order valence-electron chi connectivity index (χ2n) is 4.59. The lowest BCUT2D eigenvalue weighted by molar-refractivity contribution is 0.301. The first kappa shape index (κ1) is 11.9. The number of rotatable bonds is 1. The molecule has 2 N–H and O–H groups in total. The summed E-state index contributed by atoms with van der Waals surface area (Å²) in [6, 6.07) is 0. The van der Waals surface area contributed by atoms with Crippen LogP contribution in [0.1, 0.15) is 6.42 Å². The molecular formula is C12H18ClN3S. The predicted octanol–water partition coefficient (Wildman–Crippen LogP) is 1.33. The van der Waals surface area contributed by atoms with Gasteiger partial charge in [-0.25, -0.2) is 0 Å². The molecule has 17 heavy (non-hydrogen) atoms. The highest BCUT2D eigenvalue weighted by molar-refractivity contribution is 8.05. The van der Waals surface area contributed by atoms with Crippen LogP contribution in [-0.4, -0.2) is 48.9 Å². The Morgan fingerprint density at radius 3 is 2.88 bits per heavy atom. The Hall–Kier alpha value is -0.160. The van der Waals surface area contributed by atoms with Crippen molar-refractivity contribution >= 4 is 23.4 Å². The highest BCUT2D eigenvalue weighted by atomic mass is 35.5. The summed E-state index contributed by atoms with van der Waals surface area (Å²) in [4.78, 5) is 3.94. The van der Waals surface area contributed by atoms with Crippen LogP contribution in [0.2, 0.25) is 0 Å². The van der Waals surface area contributed by atoms with Gasteiger partial charge in [0.2, 0.25) is 0 Å². The molecule has 0 spiro atoms. The number of piperazine rings is 1. The van der Waals surface area contributed by atoms with Crippen molar-refractivity contribution in [3.63, 3.8) is 0 Å². The number of hydrogen-bond acceptors (Lipinski definition) is 4. The van der Waals surface area contributed by atoms with Gasteiger partial charge in [-0.05, 0) is 24.6 Å². The molecule has 0 aliphatic carbocycles. The molecule has 3 aliphatic heterocycles. The number of allylic oxidation sites excluding steroid dienone is 1. The second-order valence-corrected chi connectivity index (χ2v) is 6.55. The molecule has 3 heterocycles. The SMILES string of the molecule is ClC1C=C(N2CCNCC2)C2=C(CNCC2)S1. The fraction of sp³-hybridized carbons (Fsp3) is 0.667. The van der Waals surface area contributed by atoms with Crippen molar-refractivity contribution in [3.8, 4) is 0 Å². The van der Waals surface area contributed by atoms with Gasteiger partial charge in [0.1, 0.15) is 4.71 Å². The minimum atomic E-state index is 0.0959. The molecule has 3 aliphatic rings. The Labute approximate surface area is 112 Å². The largest absolute Gasteiger partial charge is 0.369 e. The Morgan fingerprint density at radius 1 is 1.24 bits per heavy atom. The second kappa shape index (κ2) is 5.22. The van der Waals surface area contributed by atoms with E-state index in [-0.39, 0.29) is 4.71 Å². The first-order valence-corrected chi connectivity index (χ1v) is 7.57. The van der Waals surface area contributed by atoms with E-state index in [1.165, 1.54) is 16.2 Å². The molecule has 3 rings (SSSR count). The molecule has 0 amide bonds. The summed E-state index contributed by atoms with van der Waals surface area (Å²) in [5.41, 5.74) is 2.94. The maximum atomic E-state index is 6.33. The van der Waals surface area contributed by atoms with Crippen molar-refractivity contribution in [2.75, 3.05) is 39.3 Å². The van der Waals surface area contributed by atoms with E-state index in [0.717, 1.165) is 45.7 Å². The van der Waals surface area contributed by atoms with Gasteiger partial charge in [-0.15, -0.1) is 23.4 Å². The lowest BCUT2D eigenvalue weighted by atomic mass is 10.0. The maximum Gasteiger partial charge on any atom is 0.104 e. The van der Waals surface area contributed by atoms with Crippen LogP contribution in [0.5, 0.6) is 0 Å². The van der Waals surface area contributed by atoms with Gasteiger partial charge < -0.3 is 15.5 Å². The zero-order chi connectivity index (χ0) is 11.7. The van der Waals surface area contributed by atoms with Crippen LogP contribution in [0.15, 0.2) is 22.3 Å². The van der Waals surface area contributed by atoms with Gasteiger partial charge in [0.25, 0.3) is 0 Å². The molecule has 1 atom stereocenters. The summed E-state index contributed by atoms with van der Waals surface area (Å²) in [6.45, 7) is 6.45. The minimum absolute atomic E-state index is 0.0959. The summed E-state index contributed by atoms with van der Waals surface area (Å²) in [5.74, 6) is 0. The summed E-state index contributed by atoms with van der Waals surface area (Å²) >= 11 is 8.13. The zero-order valence-corrected chi connectivity index (χ0v) is 11.4. The number of thioether (sulfide) groups is 1. The van der Waals surface area contributed by atoms with Crippen molar-refractivity contribution in [2.45, 2.75) is 11.1 Å². The molecule has 0 aromatic heterocycles. The third kappa shape index (κ3) is 2.50. The highest BCUT2D eigenvalue weighted by Gasteiger charge is 2.27. The molecule has 3 nitrogen and oxygen atoms in total. The molecule has 0 radical (unpaired) electrons. The standard InChI is InChI=1S/C12H18ClN3S/c13-12-7-10(16-5-3-14-4-6-16)9-1-2-15-8-11(9)17-12/h7,12,14-15H,1-6,8H2. The van der Waals surface area contributed by atoms with E-state index >= 15 is 0 Å². The Balaban J connectivity index is 1.86. The van der Waals surface area contributed by atoms with E-state index in [9.17, 15) is 0 Å². The monoisotopic (exact) mass is 271 g/mol. The van der Waals surface area contributed by atoms with Crippen molar-refractivity contribution in [2.24, 2.45) is 0 Å². The topological polar surface area (TPSA) is 27.3 Å². The number of alkyl halides is 1. The fourth-order valence-electron chi connectivity index (χ4n) is 2.64. The average molecular weight is 272 g/mol. The number of halogens is 1. The van der Waals surface area contributed by atoms with Crippen molar-refractivity contribution in [1.29, 1.82) is 0 Å². The molecular weight excluding hydrogens is 254 g/mol. The van der Waals surface area contributed by atoms with Crippen LogP contribution in [0.4, 0.5) is 0 Å². The fourth-order valence-corrected chi connectivity index (χ4v) is 4.09. The van der Waals surface area contributed by atoms with Crippen LogP contribution < -0.4 is 10.6 Å². The van der Waals surface area contributed by atoms with Crippen LogP contribution >= 0.6 is 23.4 Å². The molecule has 0 aromatic carbocycles. The van der Waals surface area contributed by atoms with Crippen molar-refractivity contribution in [1.82, 2.24) is 15.5 Å². The summed E-state index contributed by atoms with van der Waals surface area (Å²) in [6.07, 6.45) is 3.38. The summed E-state index contributed by atoms with van der Waals surface area (Å²) in [7, 11) is 0. The molecule has 1 unspecified atom stereocenters. The Morgan fingerprint density at radius 2 is 2.06 bits per heavy atom. The number of nitrogens with one attached hydrogen (secondary N) is 2. The molecule has 0 bridgehead atoms. The third-order valence-corrected chi connectivity index (χ3v) is 4.91. The first-order valence-electron chi connectivity index (χ1n) is 6.26. The average Bonchev–Trinajstić information content (AvgIpc) is 2.39. The van der Waals surface area contributed by atoms with Crippen LogP contribution in [0, 0.1) is 0 Å². The normalized spacial score (nSPS) is 30.1. The quantitative estimate of drug-likeness (QED) is 0.704. The van der Waals surface area contributed by atoms with Gasteiger partial charge in [0.15, 0.2) is 0 Å². The lowest BCUT2D eigenvalue weighted by Gasteiger charge is -2.37. The molecule has 1 saturated heterocycles.